The van der Waals surface area contributed by atoms with Crippen LogP contribution in [0.1, 0.15) is 109 Å². The highest BCUT2D eigenvalue weighted by Gasteiger charge is 2.33. The molecule has 0 unspecified atom stereocenters. The molecule has 44 heavy (non-hydrogen) atoms. The van der Waals surface area contributed by atoms with Gasteiger partial charge < -0.3 is 18.9 Å². The number of hydrogen-bond donors (Lipinski definition) is 2. The van der Waals surface area contributed by atoms with E-state index in [4.69, 9.17) is 18.9 Å². The molecule has 0 atom stereocenters. The standard InChI is InChI=1S/C35H58N2O7/c1-3-32(38)42-23-11-6-5-9-13-27-14-16-28(17-15-27)34-36-25-31(26-37-34)44-35(40)29-18-20-30(21-19-29)41-22-10-7-8-12-24-43-33(39)4-2/h3-4,27-31,34,36-37H,1-2,5-26H2. The summed E-state index contributed by atoms with van der Waals surface area (Å²) in [5, 5.41) is 7.26. The summed E-state index contributed by atoms with van der Waals surface area (Å²) in [7, 11) is 0. The van der Waals surface area contributed by atoms with Crippen LogP contribution in [0.5, 0.6) is 0 Å². The highest BCUT2D eigenvalue weighted by molar-refractivity contribution is 5.81. The van der Waals surface area contributed by atoms with Gasteiger partial charge in [0.1, 0.15) is 6.10 Å². The maximum absolute atomic E-state index is 12.9. The molecule has 0 aromatic heterocycles. The lowest BCUT2D eigenvalue weighted by Gasteiger charge is -2.39. The molecule has 9 heteroatoms. The predicted molar refractivity (Wildman–Crippen MR) is 171 cm³/mol. The van der Waals surface area contributed by atoms with Gasteiger partial charge in [0, 0.05) is 31.8 Å². The van der Waals surface area contributed by atoms with Crippen molar-refractivity contribution in [3.63, 3.8) is 0 Å². The maximum Gasteiger partial charge on any atom is 0.330 e. The van der Waals surface area contributed by atoms with Crippen molar-refractivity contribution in [3.05, 3.63) is 25.3 Å². The van der Waals surface area contributed by atoms with E-state index in [9.17, 15) is 14.4 Å². The molecule has 0 radical (unpaired) electrons. The molecular formula is C35H58N2O7. The average Bonchev–Trinajstić information content (AvgIpc) is 3.06. The first-order valence-electron chi connectivity index (χ1n) is 17.4. The number of ether oxygens (including phenoxy) is 4. The molecule has 2 saturated carbocycles. The van der Waals surface area contributed by atoms with Crippen LogP contribution in [0, 0.1) is 17.8 Å². The minimum absolute atomic E-state index is 0.0177. The molecule has 1 heterocycles. The van der Waals surface area contributed by atoms with Gasteiger partial charge in [-0.15, -0.1) is 0 Å². The molecule has 250 valence electrons. The van der Waals surface area contributed by atoms with E-state index in [0.717, 1.165) is 89.8 Å². The van der Waals surface area contributed by atoms with Crippen molar-refractivity contribution < 1.29 is 33.3 Å². The number of carbonyl (C=O) groups excluding carboxylic acids is 3. The zero-order valence-electron chi connectivity index (χ0n) is 26.9. The number of hydrogen-bond acceptors (Lipinski definition) is 9. The fourth-order valence-corrected chi connectivity index (χ4v) is 6.77. The van der Waals surface area contributed by atoms with E-state index in [1.165, 1.54) is 57.1 Å². The summed E-state index contributed by atoms with van der Waals surface area (Å²) in [6.45, 7) is 9.94. The van der Waals surface area contributed by atoms with Gasteiger partial charge in [-0.1, -0.05) is 58.1 Å². The van der Waals surface area contributed by atoms with Crippen LogP contribution in [-0.4, -0.2) is 69.2 Å². The smallest absolute Gasteiger partial charge is 0.330 e. The van der Waals surface area contributed by atoms with Crippen molar-refractivity contribution in [1.29, 1.82) is 0 Å². The van der Waals surface area contributed by atoms with Crippen molar-refractivity contribution >= 4 is 17.9 Å². The second-order valence-electron chi connectivity index (χ2n) is 12.8. The van der Waals surface area contributed by atoms with Gasteiger partial charge in [-0.05, 0) is 76.0 Å². The number of unbranched alkanes of at least 4 members (excludes halogenated alkanes) is 6. The van der Waals surface area contributed by atoms with Crippen molar-refractivity contribution in [2.75, 3.05) is 32.9 Å². The van der Waals surface area contributed by atoms with Crippen molar-refractivity contribution in [2.24, 2.45) is 17.8 Å². The monoisotopic (exact) mass is 618 g/mol. The molecule has 1 aliphatic heterocycles. The van der Waals surface area contributed by atoms with Gasteiger partial charge in [0.05, 0.1) is 31.4 Å². The number of nitrogens with one attached hydrogen (secondary N) is 2. The maximum atomic E-state index is 12.9. The van der Waals surface area contributed by atoms with Crippen LogP contribution in [0.3, 0.4) is 0 Å². The quantitative estimate of drug-likeness (QED) is 0.0760. The third-order valence-corrected chi connectivity index (χ3v) is 9.50. The first-order valence-corrected chi connectivity index (χ1v) is 17.4. The largest absolute Gasteiger partial charge is 0.463 e. The summed E-state index contributed by atoms with van der Waals surface area (Å²) >= 11 is 0. The van der Waals surface area contributed by atoms with Crippen LogP contribution in [0.2, 0.25) is 0 Å². The summed E-state index contributed by atoms with van der Waals surface area (Å²) in [6.07, 6.45) is 21.2. The fourth-order valence-electron chi connectivity index (χ4n) is 6.77. The fraction of sp³-hybridized carbons (Fsp3) is 0.800. The molecule has 2 aliphatic carbocycles. The number of esters is 3. The van der Waals surface area contributed by atoms with E-state index in [1.807, 2.05) is 0 Å². The molecular weight excluding hydrogens is 560 g/mol. The normalized spacial score (nSPS) is 27.2. The molecule has 0 amide bonds. The Morgan fingerprint density at radius 1 is 0.636 bits per heavy atom. The third kappa shape index (κ3) is 14.2. The molecule has 9 nitrogen and oxygen atoms in total. The highest BCUT2D eigenvalue weighted by Crippen LogP contribution is 2.34. The Morgan fingerprint density at radius 3 is 1.75 bits per heavy atom. The van der Waals surface area contributed by atoms with Gasteiger partial charge in [0.2, 0.25) is 0 Å². The van der Waals surface area contributed by atoms with Gasteiger partial charge in [0.25, 0.3) is 0 Å². The SMILES string of the molecule is C=CC(=O)OCCCCCCOC1CCC(C(=O)OC2CNC(C3CCC(CCCCCCOC(=O)C=C)CC3)NC2)CC1. The van der Waals surface area contributed by atoms with Crippen LogP contribution in [0.15, 0.2) is 25.3 Å². The van der Waals surface area contributed by atoms with Crippen LogP contribution < -0.4 is 10.6 Å². The van der Waals surface area contributed by atoms with Crippen molar-refractivity contribution in [2.45, 2.75) is 128 Å². The second-order valence-corrected chi connectivity index (χ2v) is 12.8. The average molecular weight is 619 g/mol. The topological polar surface area (TPSA) is 112 Å². The van der Waals surface area contributed by atoms with Gasteiger partial charge in [-0.3, -0.25) is 15.4 Å². The Hall–Kier alpha value is -2.23. The second kappa shape index (κ2) is 21.5. The van der Waals surface area contributed by atoms with Crippen molar-refractivity contribution in [3.8, 4) is 0 Å². The summed E-state index contributed by atoms with van der Waals surface area (Å²) in [5.74, 6) is 0.709. The van der Waals surface area contributed by atoms with E-state index < -0.39 is 0 Å². The van der Waals surface area contributed by atoms with Gasteiger partial charge in [-0.2, -0.15) is 0 Å². The van der Waals surface area contributed by atoms with Crippen LogP contribution in [0.25, 0.3) is 0 Å². The molecule has 3 rings (SSSR count). The molecule has 3 aliphatic rings. The molecule has 2 N–H and O–H groups in total. The zero-order valence-corrected chi connectivity index (χ0v) is 26.9. The highest BCUT2D eigenvalue weighted by atomic mass is 16.5. The minimum Gasteiger partial charge on any atom is -0.463 e. The molecule has 3 fully saturated rings. The van der Waals surface area contributed by atoms with Crippen LogP contribution in [0.4, 0.5) is 0 Å². The summed E-state index contributed by atoms with van der Waals surface area (Å²) < 4.78 is 22.0. The minimum atomic E-state index is -0.361. The van der Waals surface area contributed by atoms with Gasteiger partial charge >= 0.3 is 17.9 Å². The first kappa shape index (κ1) is 36.2. The summed E-state index contributed by atoms with van der Waals surface area (Å²) in [4.78, 5) is 34.9. The lowest BCUT2D eigenvalue weighted by atomic mass is 9.78. The summed E-state index contributed by atoms with van der Waals surface area (Å²) in [6, 6.07) is 0. The Bertz CT molecular complexity index is 857. The molecule has 0 spiro atoms. The number of rotatable bonds is 20. The molecule has 0 bridgehead atoms. The Labute approximate surface area is 265 Å². The predicted octanol–water partition coefficient (Wildman–Crippen LogP) is 5.77. The summed E-state index contributed by atoms with van der Waals surface area (Å²) in [5.41, 5.74) is 0. The van der Waals surface area contributed by atoms with Crippen molar-refractivity contribution in [1.82, 2.24) is 10.6 Å². The van der Waals surface area contributed by atoms with E-state index >= 15 is 0 Å². The van der Waals surface area contributed by atoms with E-state index in [2.05, 4.69) is 23.8 Å². The lowest BCUT2D eigenvalue weighted by molar-refractivity contribution is -0.157. The molecule has 0 aromatic carbocycles. The Morgan fingerprint density at radius 2 is 1.18 bits per heavy atom. The van der Waals surface area contributed by atoms with E-state index in [0.29, 0.717) is 25.3 Å². The third-order valence-electron chi connectivity index (χ3n) is 9.50. The molecule has 1 saturated heterocycles. The van der Waals surface area contributed by atoms with E-state index in [1.54, 1.807) is 0 Å². The lowest BCUT2D eigenvalue weighted by Crippen LogP contribution is -2.59. The zero-order chi connectivity index (χ0) is 31.4. The first-order chi connectivity index (χ1) is 21.5. The number of carbonyl (C=O) groups is 3. The van der Waals surface area contributed by atoms with E-state index in [-0.39, 0.29) is 36.0 Å². The Kier molecular flexibility index (Phi) is 17.7. The van der Waals surface area contributed by atoms with Crippen LogP contribution in [-0.2, 0) is 33.3 Å². The molecule has 0 aromatic rings. The Balaban J connectivity index is 1.16. The van der Waals surface area contributed by atoms with Gasteiger partial charge in [0.15, 0.2) is 0 Å². The van der Waals surface area contributed by atoms with Crippen LogP contribution >= 0.6 is 0 Å². The van der Waals surface area contributed by atoms with Gasteiger partial charge in [-0.25, -0.2) is 9.59 Å².